The van der Waals surface area contributed by atoms with Crippen LogP contribution in [0, 0.1) is 5.92 Å². The third-order valence-electron chi connectivity index (χ3n) is 3.37. The highest BCUT2D eigenvalue weighted by Gasteiger charge is 2.39. The van der Waals surface area contributed by atoms with E-state index in [0.29, 0.717) is 18.5 Å². The lowest BCUT2D eigenvalue weighted by Gasteiger charge is -2.31. The maximum Gasteiger partial charge on any atom is 0.223 e. The lowest BCUT2D eigenvalue weighted by Crippen LogP contribution is -2.38. The molecule has 0 radical (unpaired) electrons. The SMILES string of the molecule is O=C1CC2CCCCC2N1CCO. The molecule has 0 bridgehead atoms. The van der Waals surface area contributed by atoms with Crippen molar-refractivity contribution in [3.05, 3.63) is 0 Å². The van der Waals surface area contributed by atoms with E-state index in [1.54, 1.807) is 0 Å². The molecule has 3 nitrogen and oxygen atoms in total. The van der Waals surface area contributed by atoms with Gasteiger partial charge < -0.3 is 10.0 Å². The number of amides is 1. The lowest BCUT2D eigenvalue weighted by molar-refractivity contribution is -0.129. The largest absolute Gasteiger partial charge is 0.395 e. The molecular formula is C10H17NO2. The molecule has 1 aliphatic carbocycles. The van der Waals surface area contributed by atoms with Crippen molar-refractivity contribution in [2.45, 2.75) is 38.1 Å². The van der Waals surface area contributed by atoms with Gasteiger partial charge in [0.1, 0.15) is 0 Å². The second kappa shape index (κ2) is 3.66. The number of likely N-dealkylation sites (tertiary alicyclic amines) is 1. The number of aliphatic hydroxyl groups excluding tert-OH is 1. The molecule has 1 saturated carbocycles. The molecule has 0 aromatic carbocycles. The molecule has 2 unspecified atom stereocenters. The first-order valence-corrected chi connectivity index (χ1v) is 5.23. The van der Waals surface area contributed by atoms with Crippen LogP contribution in [-0.4, -0.2) is 35.1 Å². The maximum atomic E-state index is 11.5. The Morgan fingerprint density at radius 3 is 2.92 bits per heavy atom. The van der Waals surface area contributed by atoms with Gasteiger partial charge >= 0.3 is 0 Å². The summed E-state index contributed by atoms with van der Waals surface area (Å²) in [6, 6.07) is 0.452. The van der Waals surface area contributed by atoms with E-state index in [0.717, 1.165) is 12.8 Å². The summed E-state index contributed by atoms with van der Waals surface area (Å²) in [5.41, 5.74) is 0. The Labute approximate surface area is 78.7 Å². The van der Waals surface area contributed by atoms with Crippen molar-refractivity contribution in [2.24, 2.45) is 5.92 Å². The number of carbonyl (C=O) groups excluding carboxylic acids is 1. The van der Waals surface area contributed by atoms with Crippen LogP contribution < -0.4 is 0 Å². The van der Waals surface area contributed by atoms with Crippen LogP contribution in [0.5, 0.6) is 0 Å². The number of nitrogens with zero attached hydrogens (tertiary/aromatic N) is 1. The van der Waals surface area contributed by atoms with Gasteiger partial charge in [0, 0.05) is 19.0 Å². The smallest absolute Gasteiger partial charge is 0.223 e. The average Bonchev–Trinajstić information content (AvgIpc) is 2.44. The van der Waals surface area contributed by atoms with Crippen LogP contribution in [0.3, 0.4) is 0 Å². The Morgan fingerprint density at radius 1 is 1.38 bits per heavy atom. The molecule has 0 spiro atoms. The normalized spacial score (nSPS) is 33.6. The Morgan fingerprint density at radius 2 is 2.15 bits per heavy atom. The maximum absolute atomic E-state index is 11.5. The molecule has 1 N–H and O–H groups in total. The Bertz CT molecular complexity index is 205. The summed E-state index contributed by atoms with van der Waals surface area (Å²) in [6.07, 6.45) is 5.61. The fraction of sp³-hybridized carbons (Fsp3) is 0.900. The standard InChI is InChI=1S/C10H17NO2/c12-6-5-11-9-4-2-1-3-8(9)7-10(11)13/h8-9,12H,1-7H2. The van der Waals surface area contributed by atoms with Gasteiger partial charge in [-0.1, -0.05) is 12.8 Å². The molecule has 2 fully saturated rings. The molecule has 1 amide bonds. The van der Waals surface area contributed by atoms with Gasteiger partial charge in [0.25, 0.3) is 0 Å². The Balaban J connectivity index is 2.04. The first-order valence-electron chi connectivity index (χ1n) is 5.23. The first kappa shape index (κ1) is 9.00. The summed E-state index contributed by atoms with van der Waals surface area (Å²) in [5, 5.41) is 8.84. The summed E-state index contributed by atoms with van der Waals surface area (Å²) < 4.78 is 0. The van der Waals surface area contributed by atoms with Crippen LogP contribution in [0.1, 0.15) is 32.1 Å². The van der Waals surface area contributed by atoms with E-state index in [4.69, 9.17) is 5.11 Å². The summed E-state index contributed by atoms with van der Waals surface area (Å²) in [7, 11) is 0. The monoisotopic (exact) mass is 183 g/mol. The van der Waals surface area contributed by atoms with Gasteiger partial charge in [0.15, 0.2) is 0 Å². The van der Waals surface area contributed by atoms with Crippen LogP contribution in [-0.2, 0) is 4.79 Å². The third-order valence-corrected chi connectivity index (χ3v) is 3.37. The zero-order chi connectivity index (χ0) is 9.26. The van der Waals surface area contributed by atoms with Gasteiger partial charge in [0.05, 0.1) is 6.61 Å². The molecule has 1 aliphatic heterocycles. The topological polar surface area (TPSA) is 40.5 Å². The van der Waals surface area contributed by atoms with E-state index >= 15 is 0 Å². The zero-order valence-corrected chi connectivity index (χ0v) is 7.91. The number of carbonyl (C=O) groups is 1. The highest BCUT2D eigenvalue weighted by atomic mass is 16.3. The number of rotatable bonds is 2. The van der Waals surface area contributed by atoms with Crippen molar-refractivity contribution in [2.75, 3.05) is 13.2 Å². The summed E-state index contributed by atoms with van der Waals surface area (Å²) in [6.45, 7) is 0.648. The van der Waals surface area contributed by atoms with E-state index in [1.165, 1.54) is 19.3 Å². The van der Waals surface area contributed by atoms with Crippen LogP contribution in [0.2, 0.25) is 0 Å². The summed E-state index contributed by atoms with van der Waals surface area (Å²) >= 11 is 0. The third kappa shape index (κ3) is 1.57. The molecule has 1 saturated heterocycles. The Kier molecular flexibility index (Phi) is 2.54. The predicted octanol–water partition coefficient (Wildman–Crippen LogP) is 0.770. The first-order chi connectivity index (χ1) is 6.33. The molecule has 2 atom stereocenters. The molecule has 74 valence electrons. The fourth-order valence-corrected chi connectivity index (χ4v) is 2.76. The van der Waals surface area contributed by atoms with Crippen molar-refractivity contribution in [3.8, 4) is 0 Å². The second-order valence-electron chi connectivity index (χ2n) is 4.13. The van der Waals surface area contributed by atoms with E-state index < -0.39 is 0 Å². The van der Waals surface area contributed by atoms with Crippen LogP contribution in [0.25, 0.3) is 0 Å². The minimum Gasteiger partial charge on any atom is -0.395 e. The fourth-order valence-electron chi connectivity index (χ4n) is 2.76. The number of β-amino-alcohol motifs (C(OH)–C–C–N with tert-alkyl or cyclic N) is 1. The van der Waals surface area contributed by atoms with Crippen molar-refractivity contribution in [1.82, 2.24) is 4.90 Å². The molecule has 13 heavy (non-hydrogen) atoms. The lowest BCUT2D eigenvalue weighted by atomic mass is 9.85. The van der Waals surface area contributed by atoms with Gasteiger partial charge in [-0.2, -0.15) is 0 Å². The summed E-state index contributed by atoms with van der Waals surface area (Å²) in [5.74, 6) is 0.846. The Hall–Kier alpha value is -0.570. The molecular weight excluding hydrogens is 166 g/mol. The molecule has 0 aromatic rings. The highest BCUT2D eigenvalue weighted by Crippen LogP contribution is 2.36. The zero-order valence-electron chi connectivity index (χ0n) is 7.91. The number of aliphatic hydroxyl groups is 1. The molecule has 3 heteroatoms. The van der Waals surface area contributed by atoms with E-state index in [1.807, 2.05) is 4.90 Å². The predicted molar refractivity (Wildman–Crippen MR) is 49.2 cm³/mol. The van der Waals surface area contributed by atoms with Crippen LogP contribution in [0.15, 0.2) is 0 Å². The van der Waals surface area contributed by atoms with Gasteiger partial charge in [-0.05, 0) is 18.8 Å². The molecule has 1 heterocycles. The minimum absolute atomic E-state index is 0.106. The average molecular weight is 183 g/mol. The summed E-state index contributed by atoms with van der Waals surface area (Å²) in [4.78, 5) is 13.4. The van der Waals surface area contributed by atoms with Crippen LogP contribution >= 0.6 is 0 Å². The van der Waals surface area contributed by atoms with Crippen molar-refractivity contribution >= 4 is 5.91 Å². The highest BCUT2D eigenvalue weighted by molar-refractivity contribution is 5.79. The number of hydrogen-bond acceptors (Lipinski definition) is 2. The van der Waals surface area contributed by atoms with Gasteiger partial charge in [-0.3, -0.25) is 4.79 Å². The van der Waals surface area contributed by atoms with E-state index in [9.17, 15) is 4.79 Å². The second-order valence-corrected chi connectivity index (χ2v) is 4.13. The van der Waals surface area contributed by atoms with Crippen molar-refractivity contribution in [3.63, 3.8) is 0 Å². The van der Waals surface area contributed by atoms with E-state index in [2.05, 4.69) is 0 Å². The van der Waals surface area contributed by atoms with Gasteiger partial charge in [-0.25, -0.2) is 0 Å². The molecule has 0 aromatic heterocycles. The van der Waals surface area contributed by atoms with Crippen molar-refractivity contribution in [1.29, 1.82) is 0 Å². The quantitative estimate of drug-likeness (QED) is 0.687. The molecule has 2 rings (SSSR count). The van der Waals surface area contributed by atoms with E-state index in [-0.39, 0.29) is 12.5 Å². The van der Waals surface area contributed by atoms with Gasteiger partial charge in [-0.15, -0.1) is 0 Å². The number of fused-ring (bicyclic) bond motifs is 1. The minimum atomic E-state index is 0.106. The number of hydrogen-bond donors (Lipinski definition) is 1. The van der Waals surface area contributed by atoms with Crippen LogP contribution in [0.4, 0.5) is 0 Å². The van der Waals surface area contributed by atoms with Crippen molar-refractivity contribution < 1.29 is 9.90 Å². The molecule has 2 aliphatic rings. The van der Waals surface area contributed by atoms with Gasteiger partial charge in [0.2, 0.25) is 5.91 Å².